The first-order valence-corrected chi connectivity index (χ1v) is 15.8. The number of alkyl halides is 3. The number of carbonyl (C=O) groups is 2. The Kier molecular flexibility index (Phi) is 11.9. The number of amidine groups is 1. The first-order valence-electron chi connectivity index (χ1n) is 14.9. The molecule has 1 fully saturated rings. The highest BCUT2D eigenvalue weighted by Crippen LogP contribution is 2.36. The molecule has 2 aromatic rings. The van der Waals surface area contributed by atoms with Gasteiger partial charge in [-0.3, -0.25) is 18.9 Å². The zero-order valence-corrected chi connectivity index (χ0v) is 26.2. The molecule has 2 amide bonds. The minimum absolute atomic E-state index is 0.0592. The number of nitrogens with zero attached hydrogens (tertiary/aromatic N) is 2. The van der Waals surface area contributed by atoms with E-state index in [-0.39, 0.29) is 35.6 Å². The fourth-order valence-electron chi connectivity index (χ4n) is 5.13. The Hall–Kier alpha value is -3.61. The normalized spacial score (nSPS) is 16.3. The lowest BCUT2D eigenvalue weighted by Gasteiger charge is -2.34. The molecule has 2 aromatic carbocycles. The summed E-state index contributed by atoms with van der Waals surface area (Å²) in [5.41, 5.74) is 1.09. The molecular formula is C33H39F3N4O4S. The van der Waals surface area contributed by atoms with E-state index in [0.717, 1.165) is 35.4 Å². The maximum Gasteiger partial charge on any atom is 0.416 e. The van der Waals surface area contributed by atoms with Crippen LogP contribution in [0.1, 0.15) is 51.9 Å². The van der Waals surface area contributed by atoms with Crippen molar-refractivity contribution >= 4 is 29.6 Å². The van der Waals surface area contributed by atoms with Gasteiger partial charge in [0.1, 0.15) is 17.1 Å². The molecule has 0 atom stereocenters. The molecule has 242 valence electrons. The van der Waals surface area contributed by atoms with Crippen molar-refractivity contribution in [3.05, 3.63) is 89.5 Å². The van der Waals surface area contributed by atoms with E-state index in [9.17, 15) is 22.8 Å². The molecule has 0 unspecified atom stereocenters. The van der Waals surface area contributed by atoms with Crippen LogP contribution in [0.15, 0.2) is 66.7 Å². The standard InChI is InChI=1S/C33H39F3N4O4S/c1-4-6-16-44-28-21-26(20-27(22-28)33(34,35)36)29-38-31(42)32(39-29)10-13-40(14-11-32)45-18-9-24-7-8-25(19-23(24)3)30(41)37-12-17-43-15-5-2/h4-5,7-8,19-22H,1-2,6,9-18H2,3H3,(H,37,41)(H,38,39,42). The molecule has 1 saturated heterocycles. The number of aliphatic imine (C=N–C) groups is 1. The zero-order valence-electron chi connectivity index (χ0n) is 25.4. The van der Waals surface area contributed by atoms with Crippen molar-refractivity contribution in [3.63, 3.8) is 0 Å². The van der Waals surface area contributed by atoms with Gasteiger partial charge >= 0.3 is 6.18 Å². The first kappa shape index (κ1) is 34.3. The van der Waals surface area contributed by atoms with E-state index in [1.807, 2.05) is 25.1 Å². The highest BCUT2D eigenvalue weighted by molar-refractivity contribution is 7.97. The van der Waals surface area contributed by atoms with Gasteiger partial charge in [-0.05, 0) is 74.1 Å². The van der Waals surface area contributed by atoms with Gasteiger partial charge in [-0.15, -0.1) is 13.2 Å². The van der Waals surface area contributed by atoms with E-state index in [0.29, 0.717) is 57.7 Å². The molecule has 2 heterocycles. The van der Waals surface area contributed by atoms with Crippen LogP contribution in [0.4, 0.5) is 13.2 Å². The largest absolute Gasteiger partial charge is 0.493 e. The zero-order chi connectivity index (χ0) is 32.5. The summed E-state index contributed by atoms with van der Waals surface area (Å²) in [5, 5.41) is 5.58. The summed E-state index contributed by atoms with van der Waals surface area (Å²) in [7, 11) is 0. The van der Waals surface area contributed by atoms with Gasteiger partial charge in [-0.25, -0.2) is 0 Å². The summed E-state index contributed by atoms with van der Waals surface area (Å²) >= 11 is 1.69. The smallest absolute Gasteiger partial charge is 0.416 e. The van der Waals surface area contributed by atoms with Gasteiger partial charge in [0.25, 0.3) is 11.8 Å². The minimum atomic E-state index is -4.58. The van der Waals surface area contributed by atoms with Gasteiger partial charge in [0, 0.05) is 36.5 Å². The third-order valence-electron chi connectivity index (χ3n) is 7.65. The Morgan fingerprint density at radius 1 is 1.16 bits per heavy atom. The highest BCUT2D eigenvalue weighted by Gasteiger charge is 2.46. The molecule has 1 spiro atoms. The highest BCUT2D eigenvalue weighted by atomic mass is 32.2. The van der Waals surface area contributed by atoms with Crippen LogP contribution < -0.4 is 15.4 Å². The Labute approximate surface area is 266 Å². The number of carbonyl (C=O) groups excluding carboxylic acids is 2. The lowest BCUT2D eigenvalue weighted by atomic mass is 9.89. The maximum absolute atomic E-state index is 13.6. The van der Waals surface area contributed by atoms with E-state index in [2.05, 4.69) is 33.1 Å². The van der Waals surface area contributed by atoms with Crippen molar-refractivity contribution in [3.8, 4) is 5.75 Å². The molecule has 0 saturated carbocycles. The molecule has 0 aromatic heterocycles. The summed E-state index contributed by atoms with van der Waals surface area (Å²) in [6, 6.07) is 9.11. The van der Waals surface area contributed by atoms with Crippen LogP contribution >= 0.6 is 11.9 Å². The molecule has 0 radical (unpaired) electrons. The average Bonchev–Trinajstić information content (AvgIpc) is 3.33. The fourth-order valence-corrected chi connectivity index (χ4v) is 6.14. The second-order valence-corrected chi connectivity index (χ2v) is 12.1. The van der Waals surface area contributed by atoms with Crippen LogP contribution in [0.25, 0.3) is 0 Å². The third kappa shape index (κ3) is 9.21. The van der Waals surface area contributed by atoms with Gasteiger partial charge in [0.05, 0.1) is 25.4 Å². The molecule has 12 heteroatoms. The predicted octanol–water partition coefficient (Wildman–Crippen LogP) is 5.50. The Balaban J connectivity index is 1.31. The molecule has 4 rings (SSSR count). The van der Waals surface area contributed by atoms with Gasteiger partial charge in [-0.1, -0.05) is 30.2 Å². The van der Waals surface area contributed by atoms with Crippen molar-refractivity contribution in [2.24, 2.45) is 4.99 Å². The van der Waals surface area contributed by atoms with Crippen molar-refractivity contribution < 1.29 is 32.2 Å². The summed E-state index contributed by atoms with van der Waals surface area (Å²) < 4.78 is 53.8. The molecule has 0 aliphatic carbocycles. The van der Waals surface area contributed by atoms with Crippen LogP contribution in [0.5, 0.6) is 5.75 Å². The van der Waals surface area contributed by atoms with Gasteiger partial charge in [0.15, 0.2) is 0 Å². The van der Waals surface area contributed by atoms with Crippen LogP contribution in [0.2, 0.25) is 0 Å². The first-order chi connectivity index (χ1) is 21.5. The van der Waals surface area contributed by atoms with Crippen LogP contribution in [0, 0.1) is 6.92 Å². The number of ether oxygens (including phenoxy) is 2. The Morgan fingerprint density at radius 2 is 1.93 bits per heavy atom. The number of hydrogen-bond donors (Lipinski definition) is 2. The van der Waals surface area contributed by atoms with E-state index >= 15 is 0 Å². The van der Waals surface area contributed by atoms with E-state index in [1.165, 1.54) is 6.07 Å². The molecular weight excluding hydrogens is 605 g/mol. The Bertz CT molecular complexity index is 1420. The molecule has 2 N–H and O–H groups in total. The number of hydrogen-bond acceptors (Lipinski definition) is 7. The topological polar surface area (TPSA) is 92.3 Å². The maximum atomic E-state index is 13.6. The second kappa shape index (κ2) is 15.6. The van der Waals surface area contributed by atoms with Crippen molar-refractivity contribution in [2.45, 2.75) is 44.3 Å². The lowest BCUT2D eigenvalue weighted by Crippen LogP contribution is -2.47. The SMILES string of the molecule is C=CCCOc1cc(C2=NC3(CCN(SCCc4ccc(C(=O)NCCOCC=C)cc4C)CC3)C(=O)N2)cc(C(F)(F)F)c1. The number of nitrogens with one attached hydrogen (secondary N) is 2. The van der Waals surface area contributed by atoms with Crippen molar-refractivity contribution in [1.29, 1.82) is 0 Å². The van der Waals surface area contributed by atoms with Gasteiger partial charge in [-0.2, -0.15) is 13.2 Å². The second-order valence-electron chi connectivity index (χ2n) is 10.9. The molecule has 8 nitrogen and oxygen atoms in total. The number of aryl methyl sites for hydroxylation is 2. The number of amides is 2. The summed E-state index contributed by atoms with van der Waals surface area (Å²) in [6.07, 6.45) is 0.913. The Morgan fingerprint density at radius 3 is 2.62 bits per heavy atom. The molecule has 45 heavy (non-hydrogen) atoms. The van der Waals surface area contributed by atoms with Gasteiger partial charge < -0.3 is 20.1 Å². The lowest BCUT2D eigenvalue weighted by molar-refractivity contribution is -0.137. The van der Waals surface area contributed by atoms with E-state index < -0.39 is 17.3 Å². The van der Waals surface area contributed by atoms with Crippen molar-refractivity contribution in [1.82, 2.24) is 14.9 Å². The van der Waals surface area contributed by atoms with Crippen molar-refractivity contribution in [2.75, 3.05) is 45.2 Å². The average molecular weight is 645 g/mol. The number of rotatable bonds is 15. The minimum Gasteiger partial charge on any atom is -0.493 e. The fraction of sp³-hybridized carbons (Fsp3) is 0.424. The van der Waals surface area contributed by atoms with Crippen LogP contribution in [-0.2, 0) is 22.1 Å². The summed E-state index contributed by atoms with van der Waals surface area (Å²) in [4.78, 5) is 30.2. The monoisotopic (exact) mass is 644 g/mol. The number of piperidine rings is 1. The molecule has 2 aliphatic heterocycles. The third-order valence-corrected chi connectivity index (χ3v) is 8.76. The van der Waals surface area contributed by atoms with Crippen LogP contribution in [0.3, 0.4) is 0 Å². The number of halogens is 3. The van der Waals surface area contributed by atoms with E-state index in [4.69, 9.17) is 9.47 Å². The molecule has 0 bridgehead atoms. The van der Waals surface area contributed by atoms with E-state index in [1.54, 1.807) is 24.1 Å². The van der Waals surface area contributed by atoms with Crippen LogP contribution in [-0.4, -0.2) is 72.7 Å². The molecule has 2 aliphatic rings. The summed E-state index contributed by atoms with van der Waals surface area (Å²) in [6.45, 7) is 11.9. The number of benzene rings is 2. The van der Waals surface area contributed by atoms with Gasteiger partial charge in [0.2, 0.25) is 0 Å². The predicted molar refractivity (Wildman–Crippen MR) is 171 cm³/mol. The summed E-state index contributed by atoms with van der Waals surface area (Å²) in [5.74, 6) is 0.575. The quantitative estimate of drug-likeness (QED) is 0.151.